The van der Waals surface area contributed by atoms with Gasteiger partial charge in [0.1, 0.15) is 17.4 Å². The summed E-state index contributed by atoms with van der Waals surface area (Å²) >= 11 is 0. The van der Waals surface area contributed by atoms with E-state index in [4.69, 9.17) is 0 Å². The zero-order valence-corrected chi connectivity index (χ0v) is 17.6. The summed E-state index contributed by atoms with van der Waals surface area (Å²) in [5.41, 5.74) is -2.30. The molecule has 0 unspecified atom stereocenters. The van der Waals surface area contributed by atoms with Gasteiger partial charge in [-0.25, -0.2) is 18.7 Å². The zero-order chi connectivity index (χ0) is 26.0. The van der Waals surface area contributed by atoms with E-state index in [1.807, 2.05) is 6.92 Å². The molecule has 188 valence electrons. The topological polar surface area (TPSA) is 44.2 Å². The summed E-state index contributed by atoms with van der Waals surface area (Å²) in [6.45, 7) is 1.82. The molecular weight excluding hydrogens is 495 g/mol. The number of ether oxygens (including phenoxy) is 2. The SMILES string of the molecule is CCCc1ccc(C(F)(F)Oc2cnc(C(F)(F)Oc3ccc(C(F)(F)F)c(F)c3)nc2)c(F)c1. The maximum atomic E-state index is 14.4. The van der Waals surface area contributed by atoms with Crippen LogP contribution >= 0.6 is 0 Å². The first-order valence-electron chi connectivity index (χ1n) is 9.85. The number of aromatic nitrogens is 2. The number of aryl methyl sites for hydroxylation is 1. The third-order valence-electron chi connectivity index (χ3n) is 4.51. The first-order valence-corrected chi connectivity index (χ1v) is 9.85. The Morgan fingerprint density at radius 3 is 1.83 bits per heavy atom. The predicted molar refractivity (Wildman–Crippen MR) is 103 cm³/mol. The van der Waals surface area contributed by atoms with Gasteiger partial charge in [-0.2, -0.15) is 30.7 Å². The molecule has 2 aromatic carbocycles. The molecule has 1 aromatic heterocycles. The lowest BCUT2D eigenvalue weighted by Gasteiger charge is -2.20. The van der Waals surface area contributed by atoms with Crippen LogP contribution in [-0.4, -0.2) is 9.97 Å². The van der Waals surface area contributed by atoms with Gasteiger partial charge < -0.3 is 9.47 Å². The van der Waals surface area contributed by atoms with E-state index in [1.54, 1.807) is 0 Å². The van der Waals surface area contributed by atoms with Gasteiger partial charge in [-0.3, -0.25) is 0 Å². The number of benzene rings is 2. The molecule has 0 bridgehead atoms. The lowest BCUT2D eigenvalue weighted by molar-refractivity contribution is -0.193. The van der Waals surface area contributed by atoms with Crippen LogP contribution in [0.15, 0.2) is 48.8 Å². The molecule has 0 radical (unpaired) electrons. The summed E-state index contributed by atoms with van der Waals surface area (Å²) in [7, 11) is 0. The lowest BCUT2D eigenvalue weighted by Crippen LogP contribution is -2.26. The first kappa shape index (κ1) is 26.1. The second kappa shape index (κ2) is 9.62. The largest absolute Gasteiger partial charge is 0.462 e. The van der Waals surface area contributed by atoms with E-state index in [9.17, 15) is 39.5 Å². The van der Waals surface area contributed by atoms with Crippen LogP contribution in [0, 0.1) is 11.6 Å². The molecule has 0 aliphatic rings. The summed E-state index contributed by atoms with van der Waals surface area (Å²) in [5, 5.41) is 0. The number of hydrogen-bond acceptors (Lipinski definition) is 4. The van der Waals surface area contributed by atoms with Crippen LogP contribution in [0.25, 0.3) is 0 Å². The summed E-state index contributed by atoms with van der Waals surface area (Å²) in [6, 6.07) is 3.81. The van der Waals surface area contributed by atoms with Crippen LogP contribution in [-0.2, 0) is 24.8 Å². The average Bonchev–Trinajstić information content (AvgIpc) is 2.73. The van der Waals surface area contributed by atoms with Gasteiger partial charge >= 0.3 is 18.4 Å². The maximum absolute atomic E-state index is 14.4. The highest BCUT2D eigenvalue weighted by atomic mass is 19.4. The summed E-state index contributed by atoms with van der Waals surface area (Å²) < 4.78 is 131. The fourth-order valence-corrected chi connectivity index (χ4v) is 2.94. The highest BCUT2D eigenvalue weighted by Gasteiger charge is 2.41. The van der Waals surface area contributed by atoms with E-state index in [1.165, 1.54) is 6.07 Å². The van der Waals surface area contributed by atoms with Crippen LogP contribution in [0.3, 0.4) is 0 Å². The monoisotopic (exact) mass is 510 g/mol. The normalized spacial score (nSPS) is 12.5. The standard InChI is InChI=1S/C22H15F9N2O2/c1-2-3-12-4-6-16(17(23)8-12)21(28,29)35-14-10-32-19(33-11-14)22(30,31)34-13-5-7-15(18(24)9-13)20(25,26)27/h4-11H,2-3H2,1H3. The van der Waals surface area contributed by atoms with E-state index < -0.39 is 58.5 Å². The van der Waals surface area contributed by atoms with E-state index in [0.29, 0.717) is 36.9 Å². The fraction of sp³-hybridized carbons (Fsp3) is 0.273. The number of halogens is 9. The Morgan fingerprint density at radius 1 is 0.714 bits per heavy atom. The minimum absolute atomic E-state index is 0.0924. The van der Waals surface area contributed by atoms with Crippen LogP contribution in [0.2, 0.25) is 0 Å². The molecule has 13 heteroatoms. The van der Waals surface area contributed by atoms with Gasteiger partial charge in [0.25, 0.3) is 0 Å². The molecule has 0 aliphatic carbocycles. The van der Waals surface area contributed by atoms with E-state index in [0.717, 1.165) is 12.1 Å². The molecule has 4 nitrogen and oxygen atoms in total. The molecular formula is C22H15F9N2O2. The Balaban J connectivity index is 1.75. The van der Waals surface area contributed by atoms with Crippen molar-refractivity contribution < 1.29 is 49.0 Å². The number of hydrogen-bond donors (Lipinski definition) is 0. The molecule has 0 saturated carbocycles. The maximum Gasteiger partial charge on any atom is 0.462 e. The Bertz CT molecular complexity index is 1180. The second-order valence-corrected chi connectivity index (χ2v) is 7.18. The molecule has 0 fully saturated rings. The van der Waals surface area contributed by atoms with Crippen molar-refractivity contribution in [3.8, 4) is 11.5 Å². The van der Waals surface area contributed by atoms with Gasteiger partial charge in [0.05, 0.1) is 23.5 Å². The number of alkyl halides is 7. The van der Waals surface area contributed by atoms with Crippen molar-refractivity contribution >= 4 is 0 Å². The molecule has 3 aromatic rings. The van der Waals surface area contributed by atoms with Crippen LogP contribution in [0.5, 0.6) is 11.5 Å². The molecule has 0 spiro atoms. The molecule has 0 saturated heterocycles. The molecule has 0 aliphatic heterocycles. The predicted octanol–water partition coefficient (Wildman–Crippen LogP) is 6.98. The van der Waals surface area contributed by atoms with Crippen molar-refractivity contribution in [1.29, 1.82) is 0 Å². The van der Waals surface area contributed by atoms with Crippen molar-refractivity contribution in [2.75, 3.05) is 0 Å². The Kier molecular flexibility index (Phi) is 7.18. The third-order valence-corrected chi connectivity index (χ3v) is 4.51. The number of rotatable bonds is 8. The average molecular weight is 510 g/mol. The van der Waals surface area contributed by atoms with Crippen molar-refractivity contribution in [2.45, 2.75) is 38.2 Å². The van der Waals surface area contributed by atoms with Gasteiger partial charge in [-0.05, 0) is 36.2 Å². The van der Waals surface area contributed by atoms with Crippen LogP contribution in [0.1, 0.15) is 35.9 Å². The number of nitrogens with zero attached hydrogens (tertiary/aromatic N) is 2. The van der Waals surface area contributed by atoms with Crippen LogP contribution in [0.4, 0.5) is 39.5 Å². The molecule has 0 N–H and O–H groups in total. The smallest absolute Gasteiger partial charge is 0.426 e. The Labute approximate surface area is 192 Å². The highest BCUT2D eigenvalue weighted by Crippen LogP contribution is 2.36. The van der Waals surface area contributed by atoms with Gasteiger partial charge in [-0.1, -0.05) is 19.4 Å². The van der Waals surface area contributed by atoms with Crippen molar-refractivity contribution in [2.24, 2.45) is 0 Å². The highest BCUT2D eigenvalue weighted by molar-refractivity contribution is 5.31. The van der Waals surface area contributed by atoms with E-state index in [-0.39, 0.29) is 12.1 Å². The van der Waals surface area contributed by atoms with Crippen molar-refractivity contribution in [1.82, 2.24) is 9.97 Å². The summed E-state index contributed by atoms with van der Waals surface area (Å²) in [6.07, 6.45) is -11.6. The molecule has 0 amide bonds. The third kappa shape index (κ3) is 6.14. The molecule has 0 atom stereocenters. The van der Waals surface area contributed by atoms with Crippen molar-refractivity contribution in [3.63, 3.8) is 0 Å². The Morgan fingerprint density at radius 2 is 1.29 bits per heavy atom. The van der Waals surface area contributed by atoms with Gasteiger partial charge in [0.2, 0.25) is 5.82 Å². The van der Waals surface area contributed by atoms with Gasteiger partial charge in [0, 0.05) is 6.07 Å². The Hall–Kier alpha value is -3.51. The fourth-order valence-electron chi connectivity index (χ4n) is 2.94. The zero-order valence-electron chi connectivity index (χ0n) is 17.6. The van der Waals surface area contributed by atoms with Crippen molar-refractivity contribution in [3.05, 3.63) is 82.9 Å². The minimum Gasteiger partial charge on any atom is -0.426 e. The molecule has 3 rings (SSSR count). The quantitative estimate of drug-likeness (QED) is 0.307. The molecule has 1 heterocycles. The molecule has 35 heavy (non-hydrogen) atoms. The minimum atomic E-state index is -5.05. The van der Waals surface area contributed by atoms with E-state index in [2.05, 4.69) is 19.4 Å². The first-order chi connectivity index (χ1) is 16.2. The van der Waals surface area contributed by atoms with E-state index >= 15 is 0 Å². The second-order valence-electron chi connectivity index (χ2n) is 7.18. The van der Waals surface area contributed by atoms with Gasteiger partial charge in [0.15, 0.2) is 5.75 Å². The van der Waals surface area contributed by atoms with Crippen LogP contribution < -0.4 is 9.47 Å². The lowest BCUT2D eigenvalue weighted by atomic mass is 10.1. The van der Waals surface area contributed by atoms with Gasteiger partial charge in [-0.15, -0.1) is 0 Å². The summed E-state index contributed by atoms with van der Waals surface area (Å²) in [5.74, 6) is -6.25. The summed E-state index contributed by atoms with van der Waals surface area (Å²) in [4.78, 5) is 6.31.